The van der Waals surface area contributed by atoms with Crippen LogP contribution in [0.1, 0.15) is 5.89 Å². The van der Waals surface area contributed by atoms with E-state index in [1.165, 1.54) is 19.2 Å². The largest absolute Gasteiger partial charge is 0.497 e. The molecule has 0 aliphatic carbocycles. The molecule has 7 heteroatoms. The number of aryl methyl sites for hydroxylation is 1. The third-order valence-electron chi connectivity index (χ3n) is 3.10. The molecule has 0 saturated carbocycles. The van der Waals surface area contributed by atoms with Crippen LogP contribution in [0.2, 0.25) is 0 Å². The van der Waals surface area contributed by atoms with E-state index in [9.17, 15) is 8.42 Å². The topological polar surface area (TPSA) is 81.4 Å². The SMILES string of the molecule is COc1cccc(NS(=O)(=O)c2ccc3nc(C)oc3c2)c1. The Morgan fingerprint density at radius 1 is 1.18 bits per heavy atom. The van der Waals surface area contributed by atoms with Gasteiger partial charge in [-0.2, -0.15) is 0 Å². The zero-order chi connectivity index (χ0) is 15.7. The lowest BCUT2D eigenvalue weighted by Crippen LogP contribution is -2.12. The van der Waals surface area contributed by atoms with Gasteiger partial charge in [-0.3, -0.25) is 4.72 Å². The van der Waals surface area contributed by atoms with Crippen molar-refractivity contribution in [3.63, 3.8) is 0 Å². The summed E-state index contributed by atoms with van der Waals surface area (Å²) in [6, 6.07) is 11.3. The summed E-state index contributed by atoms with van der Waals surface area (Å²) in [5.74, 6) is 1.06. The van der Waals surface area contributed by atoms with E-state index in [0.717, 1.165) is 0 Å². The molecular weight excluding hydrogens is 304 g/mol. The number of oxazole rings is 1. The maximum atomic E-state index is 12.4. The van der Waals surface area contributed by atoms with Crippen LogP contribution >= 0.6 is 0 Å². The molecular formula is C15H14N2O4S. The molecule has 22 heavy (non-hydrogen) atoms. The number of hydrogen-bond donors (Lipinski definition) is 1. The summed E-state index contributed by atoms with van der Waals surface area (Å²) in [6.45, 7) is 1.71. The molecule has 1 N–H and O–H groups in total. The fourth-order valence-electron chi connectivity index (χ4n) is 2.09. The van der Waals surface area contributed by atoms with Crippen LogP contribution in [0.15, 0.2) is 51.8 Å². The molecule has 0 aliphatic rings. The molecule has 1 aromatic heterocycles. The number of anilines is 1. The van der Waals surface area contributed by atoms with Crippen molar-refractivity contribution >= 4 is 26.8 Å². The number of ether oxygens (including phenoxy) is 1. The van der Waals surface area contributed by atoms with Crippen LogP contribution in [0.3, 0.4) is 0 Å². The molecule has 0 saturated heterocycles. The van der Waals surface area contributed by atoms with Gasteiger partial charge in [-0.1, -0.05) is 6.07 Å². The van der Waals surface area contributed by atoms with E-state index in [-0.39, 0.29) is 4.90 Å². The minimum Gasteiger partial charge on any atom is -0.497 e. The van der Waals surface area contributed by atoms with Crippen LogP contribution < -0.4 is 9.46 Å². The molecule has 0 amide bonds. The van der Waals surface area contributed by atoms with Crippen molar-refractivity contribution in [2.45, 2.75) is 11.8 Å². The van der Waals surface area contributed by atoms with Gasteiger partial charge >= 0.3 is 0 Å². The van der Waals surface area contributed by atoms with Crippen LogP contribution in [-0.4, -0.2) is 20.5 Å². The first-order valence-corrected chi connectivity index (χ1v) is 8.00. The first kappa shape index (κ1) is 14.4. The highest BCUT2D eigenvalue weighted by Gasteiger charge is 2.16. The molecule has 0 unspecified atom stereocenters. The number of rotatable bonds is 4. The fraction of sp³-hybridized carbons (Fsp3) is 0.133. The summed E-state index contributed by atoms with van der Waals surface area (Å²) in [7, 11) is -2.19. The Kier molecular flexibility index (Phi) is 3.50. The van der Waals surface area contributed by atoms with Gasteiger partial charge in [0, 0.05) is 19.1 Å². The van der Waals surface area contributed by atoms with E-state index in [1.807, 2.05) is 0 Å². The quantitative estimate of drug-likeness (QED) is 0.800. The second-order valence-corrected chi connectivity index (χ2v) is 6.38. The molecule has 2 aromatic carbocycles. The molecule has 0 bridgehead atoms. The summed E-state index contributed by atoms with van der Waals surface area (Å²) >= 11 is 0. The van der Waals surface area contributed by atoms with E-state index < -0.39 is 10.0 Å². The van der Waals surface area contributed by atoms with Gasteiger partial charge in [-0.05, 0) is 24.3 Å². The molecule has 1 heterocycles. The standard InChI is InChI=1S/C15H14N2O4S/c1-10-16-14-7-6-13(9-15(14)21-10)22(18,19)17-11-4-3-5-12(8-11)20-2/h3-9,17H,1-2H3. The number of aromatic nitrogens is 1. The van der Waals surface area contributed by atoms with E-state index in [0.29, 0.717) is 28.4 Å². The molecule has 0 atom stereocenters. The van der Waals surface area contributed by atoms with Gasteiger partial charge in [0.05, 0.1) is 17.7 Å². The van der Waals surface area contributed by atoms with Gasteiger partial charge in [0.15, 0.2) is 11.5 Å². The van der Waals surface area contributed by atoms with E-state index in [4.69, 9.17) is 9.15 Å². The number of benzene rings is 2. The lowest BCUT2D eigenvalue weighted by molar-refractivity contribution is 0.415. The summed E-state index contributed by atoms with van der Waals surface area (Å²) in [5.41, 5.74) is 1.48. The van der Waals surface area contributed by atoms with Crippen LogP contribution in [0.4, 0.5) is 5.69 Å². The van der Waals surface area contributed by atoms with Gasteiger partial charge < -0.3 is 9.15 Å². The monoisotopic (exact) mass is 318 g/mol. The minimum absolute atomic E-state index is 0.110. The van der Waals surface area contributed by atoms with Gasteiger partial charge in [0.25, 0.3) is 10.0 Å². The first-order chi connectivity index (χ1) is 10.5. The van der Waals surface area contributed by atoms with E-state index >= 15 is 0 Å². The zero-order valence-electron chi connectivity index (χ0n) is 12.0. The van der Waals surface area contributed by atoms with Crippen molar-refractivity contribution in [2.75, 3.05) is 11.8 Å². The minimum atomic E-state index is -3.71. The van der Waals surface area contributed by atoms with E-state index in [1.54, 1.807) is 37.3 Å². The predicted octanol–water partition coefficient (Wildman–Crippen LogP) is 2.95. The van der Waals surface area contributed by atoms with Gasteiger partial charge in [0.2, 0.25) is 0 Å². The Morgan fingerprint density at radius 3 is 2.77 bits per heavy atom. The first-order valence-electron chi connectivity index (χ1n) is 6.52. The average molecular weight is 318 g/mol. The summed E-state index contributed by atoms with van der Waals surface area (Å²) in [5, 5.41) is 0. The Morgan fingerprint density at radius 2 is 2.00 bits per heavy atom. The third-order valence-corrected chi connectivity index (χ3v) is 4.48. The Labute approximate surface area is 127 Å². The van der Waals surface area contributed by atoms with E-state index in [2.05, 4.69) is 9.71 Å². The maximum Gasteiger partial charge on any atom is 0.262 e. The molecule has 6 nitrogen and oxygen atoms in total. The summed E-state index contributed by atoms with van der Waals surface area (Å²) in [4.78, 5) is 4.25. The highest BCUT2D eigenvalue weighted by Crippen LogP contribution is 2.23. The maximum absolute atomic E-state index is 12.4. The average Bonchev–Trinajstić information content (AvgIpc) is 2.86. The summed E-state index contributed by atoms with van der Waals surface area (Å²) in [6.07, 6.45) is 0. The Bertz CT molecular complexity index is 932. The van der Waals surface area contributed by atoms with Crippen molar-refractivity contribution in [1.29, 1.82) is 0 Å². The smallest absolute Gasteiger partial charge is 0.262 e. The highest BCUT2D eigenvalue weighted by molar-refractivity contribution is 7.92. The number of hydrogen-bond acceptors (Lipinski definition) is 5. The zero-order valence-corrected chi connectivity index (χ0v) is 12.8. The van der Waals surface area contributed by atoms with Crippen LogP contribution in [0.5, 0.6) is 5.75 Å². The second-order valence-electron chi connectivity index (χ2n) is 4.70. The lowest BCUT2D eigenvalue weighted by Gasteiger charge is -2.09. The highest BCUT2D eigenvalue weighted by atomic mass is 32.2. The molecule has 114 valence electrons. The van der Waals surface area contributed by atoms with Crippen molar-refractivity contribution in [3.05, 3.63) is 48.4 Å². The third kappa shape index (κ3) is 2.75. The number of methoxy groups -OCH3 is 1. The van der Waals surface area contributed by atoms with Crippen LogP contribution in [-0.2, 0) is 10.0 Å². The van der Waals surface area contributed by atoms with Gasteiger partial charge in [-0.15, -0.1) is 0 Å². The van der Waals surface area contributed by atoms with Gasteiger partial charge in [0.1, 0.15) is 11.3 Å². The number of nitrogens with zero attached hydrogens (tertiary/aromatic N) is 1. The number of sulfonamides is 1. The van der Waals surface area contributed by atoms with Crippen molar-refractivity contribution in [2.24, 2.45) is 0 Å². The predicted molar refractivity (Wildman–Crippen MR) is 82.5 cm³/mol. The van der Waals surface area contributed by atoms with Crippen LogP contribution in [0.25, 0.3) is 11.1 Å². The fourth-order valence-corrected chi connectivity index (χ4v) is 3.15. The molecule has 0 radical (unpaired) electrons. The molecule has 3 rings (SSSR count). The Balaban J connectivity index is 1.96. The second kappa shape index (κ2) is 5.34. The molecule has 0 spiro atoms. The summed E-state index contributed by atoms with van der Waals surface area (Å²) < 4.78 is 37.8. The van der Waals surface area contributed by atoms with Gasteiger partial charge in [-0.25, -0.2) is 13.4 Å². The lowest BCUT2D eigenvalue weighted by atomic mass is 10.3. The number of nitrogens with one attached hydrogen (secondary N) is 1. The van der Waals surface area contributed by atoms with Crippen molar-refractivity contribution in [1.82, 2.24) is 4.98 Å². The molecule has 3 aromatic rings. The van der Waals surface area contributed by atoms with Crippen molar-refractivity contribution in [3.8, 4) is 5.75 Å². The molecule has 0 fully saturated rings. The Hall–Kier alpha value is -2.54. The molecule has 0 aliphatic heterocycles. The van der Waals surface area contributed by atoms with Crippen LogP contribution in [0, 0.1) is 6.92 Å². The number of fused-ring (bicyclic) bond motifs is 1. The van der Waals surface area contributed by atoms with Crippen molar-refractivity contribution < 1.29 is 17.6 Å². The normalized spacial score (nSPS) is 11.5.